The van der Waals surface area contributed by atoms with Gasteiger partial charge in [0.2, 0.25) is 0 Å². The predicted molar refractivity (Wildman–Crippen MR) is 74.4 cm³/mol. The summed E-state index contributed by atoms with van der Waals surface area (Å²) in [5, 5.41) is 11.0. The summed E-state index contributed by atoms with van der Waals surface area (Å²) in [4.78, 5) is 33.3. The highest BCUT2D eigenvalue weighted by molar-refractivity contribution is 5.96. The minimum absolute atomic E-state index is 0.0756. The quantitative estimate of drug-likeness (QED) is 0.332. The Morgan fingerprint density at radius 3 is 2.52 bits per heavy atom. The van der Waals surface area contributed by atoms with Gasteiger partial charge in [0.1, 0.15) is 0 Å². The standard InChI is InChI=1S/C14H17NO6/c1-4-12(16)10-5-6-13(11(7-10)15(18)19)20-8-14(17)21-9(2)3/h5-7,9H,4,8H2,1-3H3. The first-order chi connectivity index (χ1) is 9.85. The first-order valence-electron chi connectivity index (χ1n) is 6.49. The number of benzene rings is 1. The Kier molecular flexibility index (Phi) is 5.83. The number of ketones is 1. The van der Waals surface area contributed by atoms with Crippen molar-refractivity contribution in [3.05, 3.63) is 33.9 Å². The minimum atomic E-state index is -0.657. The highest BCUT2D eigenvalue weighted by Crippen LogP contribution is 2.28. The van der Waals surface area contributed by atoms with Gasteiger partial charge in [-0.25, -0.2) is 4.79 Å². The second-order valence-electron chi connectivity index (χ2n) is 4.54. The molecule has 0 aromatic heterocycles. The monoisotopic (exact) mass is 295 g/mol. The molecule has 7 heteroatoms. The molecule has 21 heavy (non-hydrogen) atoms. The number of Topliss-reactive ketones (excluding diaryl/α,β-unsaturated/α-hetero) is 1. The topological polar surface area (TPSA) is 95.7 Å². The number of ether oxygens (including phenoxy) is 2. The SMILES string of the molecule is CCC(=O)c1ccc(OCC(=O)OC(C)C)c([N+](=O)[O-])c1. The predicted octanol–water partition coefficient (Wildman–Crippen LogP) is 2.52. The molecule has 0 saturated heterocycles. The summed E-state index contributed by atoms with van der Waals surface area (Å²) < 4.78 is 9.97. The molecule has 0 atom stereocenters. The van der Waals surface area contributed by atoms with Crippen LogP contribution in [0.5, 0.6) is 5.75 Å². The zero-order chi connectivity index (χ0) is 16.0. The fourth-order valence-corrected chi connectivity index (χ4v) is 1.59. The summed E-state index contributed by atoms with van der Waals surface area (Å²) >= 11 is 0. The summed E-state index contributed by atoms with van der Waals surface area (Å²) in [5.74, 6) is -0.898. The van der Waals surface area contributed by atoms with Crippen LogP contribution in [0.1, 0.15) is 37.6 Å². The number of hydrogen-bond donors (Lipinski definition) is 0. The molecule has 1 aromatic rings. The van der Waals surface area contributed by atoms with E-state index in [9.17, 15) is 19.7 Å². The summed E-state index contributed by atoms with van der Waals surface area (Å²) in [6.45, 7) is 4.61. The van der Waals surface area contributed by atoms with Crippen LogP contribution in [-0.4, -0.2) is 29.4 Å². The average molecular weight is 295 g/mol. The fraction of sp³-hybridized carbons (Fsp3) is 0.429. The Morgan fingerprint density at radius 2 is 2.00 bits per heavy atom. The molecule has 0 unspecified atom stereocenters. The number of carbonyl (C=O) groups excluding carboxylic acids is 2. The summed E-state index contributed by atoms with van der Waals surface area (Å²) in [5.41, 5.74) is -0.118. The van der Waals surface area contributed by atoms with Gasteiger partial charge in [-0.3, -0.25) is 14.9 Å². The van der Waals surface area contributed by atoms with E-state index in [0.717, 1.165) is 6.07 Å². The highest BCUT2D eigenvalue weighted by Gasteiger charge is 2.19. The molecule has 0 N–H and O–H groups in total. The van der Waals surface area contributed by atoms with Gasteiger partial charge < -0.3 is 9.47 Å². The van der Waals surface area contributed by atoms with Crippen molar-refractivity contribution in [3.63, 3.8) is 0 Å². The maximum atomic E-state index is 11.5. The number of carbonyl (C=O) groups is 2. The Labute approximate surface area is 122 Å². The van der Waals surface area contributed by atoms with Gasteiger partial charge in [-0.1, -0.05) is 6.92 Å². The lowest BCUT2D eigenvalue weighted by atomic mass is 10.1. The van der Waals surface area contributed by atoms with Gasteiger partial charge >= 0.3 is 11.7 Å². The van der Waals surface area contributed by atoms with Gasteiger partial charge in [0.25, 0.3) is 0 Å². The minimum Gasteiger partial charge on any atom is -0.475 e. The molecule has 0 bridgehead atoms. The first-order valence-corrected chi connectivity index (χ1v) is 6.49. The van der Waals surface area contributed by atoms with Crippen molar-refractivity contribution in [2.45, 2.75) is 33.3 Å². The van der Waals surface area contributed by atoms with Crippen LogP contribution in [-0.2, 0) is 9.53 Å². The van der Waals surface area contributed by atoms with Crippen molar-refractivity contribution < 1.29 is 24.0 Å². The fourth-order valence-electron chi connectivity index (χ4n) is 1.59. The van der Waals surface area contributed by atoms with E-state index in [4.69, 9.17) is 9.47 Å². The van der Waals surface area contributed by atoms with E-state index in [1.165, 1.54) is 12.1 Å². The lowest BCUT2D eigenvalue weighted by molar-refractivity contribution is -0.385. The maximum absolute atomic E-state index is 11.5. The first kappa shape index (κ1) is 16.6. The molecule has 0 aliphatic rings. The van der Waals surface area contributed by atoms with E-state index < -0.39 is 17.5 Å². The number of rotatable bonds is 7. The van der Waals surface area contributed by atoms with Crippen molar-refractivity contribution >= 4 is 17.4 Å². The third-order valence-corrected chi connectivity index (χ3v) is 2.51. The molecule has 0 heterocycles. The molecule has 1 rings (SSSR count). The van der Waals surface area contributed by atoms with Crippen molar-refractivity contribution in [2.75, 3.05) is 6.61 Å². The lowest BCUT2D eigenvalue weighted by Crippen LogP contribution is -2.19. The van der Waals surface area contributed by atoms with E-state index in [0.29, 0.717) is 0 Å². The molecule has 0 amide bonds. The van der Waals surface area contributed by atoms with Crippen molar-refractivity contribution in [3.8, 4) is 5.75 Å². The molecule has 1 aromatic carbocycles. The van der Waals surface area contributed by atoms with Gasteiger partial charge in [-0.05, 0) is 26.0 Å². The highest BCUT2D eigenvalue weighted by atomic mass is 16.6. The second kappa shape index (κ2) is 7.37. The Balaban J connectivity index is 2.89. The Morgan fingerprint density at radius 1 is 1.33 bits per heavy atom. The van der Waals surface area contributed by atoms with Crippen molar-refractivity contribution in [1.29, 1.82) is 0 Å². The molecule has 114 valence electrons. The van der Waals surface area contributed by atoms with Gasteiger partial charge in [0, 0.05) is 18.1 Å². The van der Waals surface area contributed by atoms with Crippen LogP contribution in [0.4, 0.5) is 5.69 Å². The van der Waals surface area contributed by atoms with Crippen LogP contribution in [0.2, 0.25) is 0 Å². The molecule has 0 aliphatic carbocycles. The second-order valence-corrected chi connectivity index (χ2v) is 4.54. The number of hydrogen-bond acceptors (Lipinski definition) is 6. The van der Waals surface area contributed by atoms with Gasteiger partial charge in [-0.15, -0.1) is 0 Å². The van der Waals surface area contributed by atoms with Crippen LogP contribution < -0.4 is 4.74 Å². The van der Waals surface area contributed by atoms with Crippen LogP contribution in [0.15, 0.2) is 18.2 Å². The van der Waals surface area contributed by atoms with Crippen molar-refractivity contribution in [1.82, 2.24) is 0 Å². The number of esters is 1. The van der Waals surface area contributed by atoms with Crippen molar-refractivity contribution in [2.24, 2.45) is 0 Å². The summed E-state index contributed by atoms with van der Waals surface area (Å²) in [6.07, 6.45) is -0.0430. The van der Waals surface area contributed by atoms with Gasteiger partial charge in [0.05, 0.1) is 11.0 Å². The number of nitrogens with zero attached hydrogens (tertiary/aromatic N) is 1. The zero-order valence-corrected chi connectivity index (χ0v) is 12.1. The number of nitro groups is 1. The van der Waals surface area contributed by atoms with Crippen LogP contribution >= 0.6 is 0 Å². The normalized spacial score (nSPS) is 10.3. The average Bonchev–Trinajstić information content (AvgIpc) is 2.43. The Bertz CT molecular complexity index is 552. The van der Waals surface area contributed by atoms with E-state index in [1.54, 1.807) is 20.8 Å². The van der Waals surface area contributed by atoms with E-state index in [1.807, 2.05) is 0 Å². The molecule has 0 saturated carbocycles. The molecule has 0 fully saturated rings. The summed E-state index contributed by atoms with van der Waals surface area (Å²) in [7, 11) is 0. The third-order valence-electron chi connectivity index (χ3n) is 2.51. The molecule has 7 nitrogen and oxygen atoms in total. The summed E-state index contributed by atoms with van der Waals surface area (Å²) in [6, 6.07) is 3.89. The maximum Gasteiger partial charge on any atom is 0.344 e. The van der Waals surface area contributed by atoms with Crippen LogP contribution in [0.3, 0.4) is 0 Å². The molecule has 0 spiro atoms. The molecule has 0 radical (unpaired) electrons. The molecule has 0 aliphatic heterocycles. The van der Waals surface area contributed by atoms with E-state index >= 15 is 0 Å². The van der Waals surface area contributed by atoms with E-state index in [-0.39, 0.29) is 35.3 Å². The Hall–Kier alpha value is -2.44. The molecular formula is C14H17NO6. The van der Waals surface area contributed by atoms with Gasteiger partial charge in [-0.2, -0.15) is 0 Å². The third kappa shape index (κ3) is 4.87. The number of nitro benzene ring substituents is 1. The molecular weight excluding hydrogens is 278 g/mol. The lowest BCUT2D eigenvalue weighted by Gasteiger charge is -2.10. The van der Waals surface area contributed by atoms with Crippen LogP contribution in [0.25, 0.3) is 0 Å². The zero-order valence-electron chi connectivity index (χ0n) is 12.1. The largest absolute Gasteiger partial charge is 0.475 e. The van der Waals surface area contributed by atoms with Crippen LogP contribution in [0, 0.1) is 10.1 Å². The smallest absolute Gasteiger partial charge is 0.344 e. The van der Waals surface area contributed by atoms with E-state index in [2.05, 4.69) is 0 Å². The van der Waals surface area contributed by atoms with Gasteiger partial charge in [0.15, 0.2) is 18.1 Å².